The predicted molar refractivity (Wildman–Crippen MR) is 71.8 cm³/mol. The van der Waals surface area contributed by atoms with Crippen molar-refractivity contribution in [3.63, 3.8) is 0 Å². The molecule has 0 radical (unpaired) electrons. The standard InChI is InChI=1S/C12H21NO3.C2H6/c1-11(14)12(2-6-15-7-3-12)10-13-4-8-16-9-5-13;1-2/h2-10H2,1H3;1-2H3. The zero-order valence-electron chi connectivity index (χ0n) is 12.0. The summed E-state index contributed by atoms with van der Waals surface area (Å²) in [6, 6.07) is 0. The fraction of sp³-hybridized carbons (Fsp3) is 0.929. The molecule has 2 aliphatic heterocycles. The third kappa shape index (κ3) is 4.04. The summed E-state index contributed by atoms with van der Waals surface area (Å²) in [5.74, 6) is 0.322. The van der Waals surface area contributed by atoms with Gasteiger partial charge in [-0.05, 0) is 19.8 Å². The van der Waals surface area contributed by atoms with Gasteiger partial charge in [0.2, 0.25) is 0 Å². The summed E-state index contributed by atoms with van der Waals surface area (Å²) in [4.78, 5) is 14.2. The first-order valence-corrected chi connectivity index (χ1v) is 7.12. The van der Waals surface area contributed by atoms with Crippen molar-refractivity contribution in [3.8, 4) is 0 Å². The molecule has 0 saturated carbocycles. The number of hydrogen-bond donors (Lipinski definition) is 0. The Morgan fingerprint density at radius 1 is 1.06 bits per heavy atom. The zero-order valence-corrected chi connectivity index (χ0v) is 12.0. The van der Waals surface area contributed by atoms with Crippen molar-refractivity contribution in [2.45, 2.75) is 33.6 Å². The second kappa shape index (κ2) is 7.87. The van der Waals surface area contributed by atoms with Crippen LogP contribution in [-0.4, -0.2) is 56.7 Å². The highest BCUT2D eigenvalue weighted by atomic mass is 16.5. The lowest BCUT2D eigenvalue weighted by atomic mass is 9.76. The summed E-state index contributed by atoms with van der Waals surface area (Å²) in [6.07, 6.45) is 1.75. The van der Waals surface area contributed by atoms with E-state index >= 15 is 0 Å². The molecule has 2 rings (SSSR count). The molecule has 0 N–H and O–H groups in total. The van der Waals surface area contributed by atoms with Crippen LogP contribution >= 0.6 is 0 Å². The molecule has 2 heterocycles. The van der Waals surface area contributed by atoms with E-state index in [2.05, 4.69) is 4.90 Å². The van der Waals surface area contributed by atoms with E-state index in [1.54, 1.807) is 6.92 Å². The van der Waals surface area contributed by atoms with Gasteiger partial charge in [0.15, 0.2) is 0 Å². The molecule has 2 aliphatic rings. The minimum Gasteiger partial charge on any atom is -0.381 e. The molecule has 0 aromatic rings. The SMILES string of the molecule is CC.CC(=O)C1(CN2CCOCC2)CCOCC1. The maximum Gasteiger partial charge on any atom is 0.137 e. The van der Waals surface area contributed by atoms with Crippen molar-refractivity contribution in [3.05, 3.63) is 0 Å². The van der Waals surface area contributed by atoms with Crippen LogP contribution < -0.4 is 0 Å². The summed E-state index contributed by atoms with van der Waals surface area (Å²) >= 11 is 0. The Labute approximate surface area is 111 Å². The van der Waals surface area contributed by atoms with Crippen molar-refractivity contribution >= 4 is 5.78 Å². The van der Waals surface area contributed by atoms with E-state index in [1.807, 2.05) is 13.8 Å². The molecule has 4 heteroatoms. The van der Waals surface area contributed by atoms with E-state index in [0.29, 0.717) is 5.78 Å². The average Bonchev–Trinajstić information content (AvgIpc) is 2.43. The highest BCUT2D eigenvalue weighted by molar-refractivity contribution is 5.82. The minimum atomic E-state index is -0.157. The van der Waals surface area contributed by atoms with Crippen molar-refractivity contribution in [2.75, 3.05) is 46.1 Å². The second-order valence-corrected chi connectivity index (χ2v) is 4.84. The number of ether oxygens (including phenoxy) is 2. The average molecular weight is 257 g/mol. The van der Waals surface area contributed by atoms with Gasteiger partial charge in [0.25, 0.3) is 0 Å². The highest BCUT2D eigenvalue weighted by Gasteiger charge is 2.38. The summed E-state index contributed by atoms with van der Waals surface area (Å²) in [7, 11) is 0. The number of carbonyl (C=O) groups excluding carboxylic acids is 1. The molecule has 106 valence electrons. The molecule has 18 heavy (non-hydrogen) atoms. The van der Waals surface area contributed by atoms with E-state index in [1.165, 1.54) is 0 Å². The summed E-state index contributed by atoms with van der Waals surface area (Å²) < 4.78 is 10.7. The van der Waals surface area contributed by atoms with Crippen LogP contribution in [0.25, 0.3) is 0 Å². The largest absolute Gasteiger partial charge is 0.381 e. The Morgan fingerprint density at radius 3 is 2.06 bits per heavy atom. The van der Waals surface area contributed by atoms with Crippen molar-refractivity contribution in [2.24, 2.45) is 5.41 Å². The molecule has 2 fully saturated rings. The molecular weight excluding hydrogens is 230 g/mol. The quantitative estimate of drug-likeness (QED) is 0.772. The predicted octanol–water partition coefficient (Wildman–Crippen LogP) is 1.73. The zero-order chi connectivity index (χ0) is 13.4. The number of hydrogen-bond acceptors (Lipinski definition) is 4. The van der Waals surface area contributed by atoms with Gasteiger partial charge in [0.1, 0.15) is 5.78 Å². The Balaban J connectivity index is 0.000000771. The first kappa shape index (κ1) is 15.6. The first-order chi connectivity index (χ1) is 8.73. The van der Waals surface area contributed by atoms with Gasteiger partial charge in [0, 0.05) is 38.3 Å². The summed E-state index contributed by atoms with van der Waals surface area (Å²) in [5.41, 5.74) is -0.157. The molecule has 0 atom stereocenters. The monoisotopic (exact) mass is 257 g/mol. The van der Waals surface area contributed by atoms with E-state index in [0.717, 1.165) is 58.9 Å². The molecule has 0 spiro atoms. The van der Waals surface area contributed by atoms with Crippen LogP contribution in [0.1, 0.15) is 33.6 Å². The van der Waals surface area contributed by atoms with Gasteiger partial charge in [-0.2, -0.15) is 0 Å². The van der Waals surface area contributed by atoms with Crippen molar-refractivity contribution in [1.82, 2.24) is 4.90 Å². The number of ketones is 1. The molecule has 0 aliphatic carbocycles. The molecule has 0 aromatic carbocycles. The summed E-state index contributed by atoms with van der Waals surface area (Å²) in [5, 5.41) is 0. The minimum absolute atomic E-state index is 0.157. The van der Waals surface area contributed by atoms with Gasteiger partial charge in [-0.3, -0.25) is 9.69 Å². The maximum absolute atomic E-state index is 11.9. The van der Waals surface area contributed by atoms with Gasteiger partial charge in [-0.25, -0.2) is 0 Å². The summed E-state index contributed by atoms with van der Waals surface area (Å²) in [6.45, 7) is 11.6. The van der Waals surface area contributed by atoms with Gasteiger partial charge < -0.3 is 9.47 Å². The number of nitrogens with zero attached hydrogens (tertiary/aromatic N) is 1. The van der Waals surface area contributed by atoms with Gasteiger partial charge in [0.05, 0.1) is 13.2 Å². The number of Topliss-reactive ketones (excluding diaryl/α,β-unsaturated/α-hetero) is 1. The normalized spacial score (nSPS) is 23.9. The van der Waals surface area contributed by atoms with Crippen LogP contribution in [0.4, 0.5) is 0 Å². The van der Waals surface area contributed by atoms with E-state index in [9.17, 15) is 4.79 Å². The fourth-order valence-corrected chi connectivity index (χ4v) is 2.57. The van der Waals surface area contributed by atoms with Gasteiger partial charge in [-0.1, -0.05) is 13.8 Å². The molecule has 0 bridgehead atoms. The molecule has 2 saturated heterocycles. The van der Waals surface area contributed by atoms with Crippen LogP contribution in [0.2, 0.25) is 0 Å². The lowest BCUT2D eigenvalue weighted by Gasteiger charge is -2.40. The molecule has 0 aromatic heterocycles. The molecule has 0 amide bonds. The smallest absolute Gasteiger partial charge is 0.137 e. The lowest BCUT2D eigenvalue weighted by Crippen LogP contribution is -2.49. The van der Waals surface area contributed by atoms with Gasteiger partial charge >= 0.3 is 0 Å². The number of rotatable bonds is 3. The first-order valence-electron chi connectivity index (χ1n) is 7.12. The second-order valence-electron chi connectivity index (χ2n) is 4.84. The lowest BCUT2D eigenvalue weighted by molar-refractivity contribution is -0.134. The van der Waals surface area contributed by atoms with Crippen molar-refractivity contribution in [1.29, 1.82) is 0 Å². The van der Waals surface area contributed by atoms with Crippen LogP contribution in [0.3, 0.4) is 0 Å². The number of morpholine rings is 1. The van der Waals surface area contributed by atoms with Crippen molar-refractivity contribution < 1.29 is 14.3 Å². The topological polar surface area (TPSA) is 38.8 Å². The third-order valence-corrected chi connectivity index (χ3v) is 3.83. The Bertz CT molecular complexity index is 243. The van der Waals surface area contributed by atoms with E-state index < -0.39 is 0 Å². The van der Waals surface area contributed by atoms with Gasteiger partial charge in [-0.15, -0.1) is 0 Å². The van der Waals surface area contributed by atoms with Crippen LogP contribution in [0.5, 0.6) is 0 Å². The highest BCUT2D eigenvalue weighted by Crippen LogP contribution is 2.32. The Hall–Kier alpha value is -0.450. The van der Waals surface area contributed by atoms with Crippen LogP contribution in [0.15, 0.2) is 0 Å². The third-order valence-electron chi connectivity index (χ3n) is 3.83. The van der Waals surface area contributed by atoms with Crippen LogP contribution in [-0.2, 0) is 14.3 Å². The number of carbonyl (C=O) groups is 1. The van der Waals surface area contributed by atoms with Crippen LogP contribution in [0, 0.1) is 5.41 Å². The Morgan fingerprint density at radius 2 is 1.56 bits per heavy atom. The fourth-order valence-electron chi connectivity index (χ4n) is 2.57. The van der Waals surface area contributed by atoms with E-state index in [-0.39, 0.29) is 5.41 Å². The molecular formula is C14H27NO3. The van der Waals surface area contributed by atoms with E-state index in [4.69, 9.17) is 9.47 Å². The maximum atomic E-state index is 11.9. The molecule has 4 nitrogen and oxygen atoms in total. The Kier molecular flexibility index (Phi) is 6.82. The molecule has 0 unspecified atom stereocenters.